The normalized spacial score (nSPS) is 21.7. The lowest BCUT2D eigenvalue weighted by Crippen LogP contribution is -2.35. The van der Waals surface area contributed by atoms with E-state index in [1.165, 1.54) is 19.3 Å². The maximum atomic E-state index is 13.0. The maximum absolute atomic E-state index is 13.0. The van der Waals surface area contributed by atoms with Crippen molar-refractivity contribution < 1.29 is 13.2 Å². The summed E-state index contributed by atoms with van der Waals surface area (Å²) in [4.78, 5) is 12.7. The van der Waals surface area contributed by atoms with Crippen molar-refractivity contribution in [2.75, 3.05) is 5.32 Å². The van der Waals surface area contributed by atoms with Gasteiger partial charge in [0.05, 0.1) is 4.90 Å². The van der Waals surface area contributed by atoms with Crippen LogP contribution in [0, 0.1) is 0 Å². The van der Waals surface area contributed by atoms with Crippen molar-refractivity contribution in [1.29, 1.82) is 0 Å². The van der Waals surface area contributed by atoms with Crippen LogP contribution < -0.4 is 10.0 Å². The van der Waals surface area contributed by atoms with Crippen LogP contribution in [0.15, 0.2) is 28.7 Å². The molecule has 2 aliphatic carbocycles. The Morgan fingerprint density at radius 2 is 1.59 bits per heavy atom. The van der Waals surface area contributed by atoms with Gasteiger partial charge in [-0.1, -0.05) is 37.7 Å². The van der Waals surface area contributed by atoms with Gasteiger partial charge >= 0.3 is 0 Å². The number of hydrogen-bond donors (Lipinski definition) is 2. The van der Waals surface area contributed by atoms with E-state index in [0.29, 0.717) is 5.57 Å². The molecule has 1 aliphatic heterocycles. The lowest BCUT2D eigenvalue weighted by molar-refractivity contribution is -0.110. The number of nitrogens with one attached hydrogen (secondary N) is 2. The van der Waals surface area contributed by atoms with Gasteiger partial charge in [0.1, 0.15) is 0 Å². The van der Waals surface area contributed by atoms with Crippen molar-refractivity contribution in [3.05, 3.63) is 29.3 Å². The highest BCUT2D eigenvalue weighted by molar-refractivity contribution is 7.89. The molecule has 0 saturated heterocycles. The number of allylic oxidation sites excluding steroid dienone is 1. The molecule has 0 bridgehead atoms. The van der Waals surface area contributed by atoms with E-state index in [-0.39, 0.29) is 16.8 Å². The van der Waals surface area contributed by atoms with Gasteiger partial charge in [0, 0.05) is 22.9 Å². The summed E-state index contributed by atoms with van der Waals surface area (Å²) in [6.07, 6.45) is 11.6. The Hall–Kier alpha value is -1.66. The molecular formula is C21H28N2O3S. The molecular weight excluding hydrogens is 360 g/mol. The summed E-state index contributed by atoms with van der Waals surface area (Å²) in [6, 6.07) is 5.02. The van der Waals surface area contributed by atoms with E-state index < -0.39 is 10.0 Å². The summed E-state index contributed by atoms with van der Waals surface area (Å²) >= 11 is 0. The Bertz CT molecular complexity index is 857. The van der Waals surface area contributed by atoms with Crippen LogP contribution in [0.5, 0.6) is 0 Å². The van der Waals surface area contributed by atoms with Crippen LogP contribution in [-0.4, -0.2) is 20.4 Å². The highest BCUT2D eigenvalue weighted by Gasteiger charge is 2.30. The summed E-state index contributed by atoms with van der Waals surface area (Å²) in [7, 11) is -3.59. The van der Waals surface area contributed by atoms with Crippen LogP contribution in [0.3, 0.4) is 0 Å². The van der Waals surface area contributed by atoms with Gasteiger partial charge in [-0.3, -0.25) is 4.79 Å². The number of carbonyl (C=O) groups is 1. The number of fused-ring (bicyclic) bond motifs is 1. The molecule has 27 heavy (non-hydrogen) atoms. The Labute approximate surface area is 161 Å². The molecule has 0 spiro atoms. The first kappa shape index (κ1) is 18.7. The average Bonchev–Trinajstić information content (AvgIpc) is 3.22. The molecule has 1 aromatic carbocycles. The standard InChI is InChI=1S/C21H28N2O3S/c24-21-20(15-8-6-7-9-15)18-14-17(12-13-19(18)22-21)27(25,26)23-16-10-4-2-1-3-5-11-16/h12-14,16,23H,1-11H2,(H,22,24). The topological polar surface area (TPSA) is 75.3 Å². The molecule has 5 nitrogen and oxygen atoms in total. The van der Waals surface area contributed by atoms with E-state index in [1.807, 2.05) is 0 Å². The molecule has 1 aromatic rings. The quantitative estimate of drug-likeness (QED) is 0.756. The molecule has 146 valence electrons. The fourth-order valence-corrected chi connectivity index (χ4v) is 5.91. The molecule has 4 rings (SSSR count). The summed E-state index contributed by atoms with van der Waals surface area (Å²) in [5.41, 5.74) is 3.33. The van der Waals surface area contributed by atoms with Crippen LogP contribution in [-0.2, 0) is 14.8 Å². The van der Waals surface area contributed by atoms with Gasteiger partial charge in [-0.25, -0.2) is 13.1 Å². The van der Waals surface area contributed by atoms with Crippen LogP contribution >= 0.6 is 0 Å². The first-order chi connectivity index (χ1) is 13.0. The number of hydrogen-bond acceptors (Lipinski definition) is 3. The van der Waals surface area contributed by atoms with Gasteiger partial charge in [0.15, 0.2) is 0 Å². The van der Waals surface area contributed by atoms with Gasteiger partial charge in [0.2, 0.25) is 10.0 Å². The Balaban J connectivity index is 1.61. The lowest BCUT2D eigenvalue weighted by atomic mass is 9.97. The minimum atomic E-state index is -3.59. The molecule has 0 aromatic heterocycles. The first-order valence-electron chi connectivity index (χ1n) is 10.2. The van der Waals surface area contributed by atoms with E-state index >= 15 is 0 Å². The van der Waals surface area contributed by atoms with E-state index in [4.69, 9.17) is 0 Å². The number of rotatable bonds is 3. The molecule has 2 fully saturated rings. The third kappa shape index (κ3) is 3.97. The minimum Gasteiger partial charge on any atom is -0.321 e. The summed E-state index contributed by atoms with van der Waals surface area (Å²) < 4.78 is 28.9. The van der Waals surface area contributed by atoms with Crippen molar-refractivity contribution >= 4 is 27.2 Å². The highest BCUT2D eigenvalue weighted by atomic mass is 32.2. The van der Waals surface area contributed by atoms with Crippen LogP contribution in [0.2, 0.25) is 0 Å². The number of carbonyl (C=O) groups excluding carboxylic acids is 1. The molecule has 1 heterocycles. The predicted molar refractivity (Wildman–Crippen MR) is 107 cm³/mol. The number of benzene rings is 1. The smallest absolute Gasteiger partial charge is 0.256 e. The van der Waals surface area contributed by atoms with Gasteiger partial charge in [-0.05, 0) is 56.7 Å². The van der Waals surface area contributed by atoms with Crippen molar-refractivity contribution in [2.24, 2.45) is 0 Å². The fraction of sp³-hybridized carbons (Fsp3) is 0.571. The second kappa shape index (κ2) is 7.76. The largest absolute Gasteiger partial charge is 0.321 e. The molecule has 2 N–H and O–H groups in total. The van der Waals surface area contributed by atoms with Gasteiger partial charge in [-0.2, -0.15) is 0 Å². The molecule has 6 heteroatoms. The van der Waals surface area contributed by atoms with Crippen molar-refractivity contribution in [3.63, 3.8) is 0 Å². The Kier molecular flexibility index (Phi) is 5.37. The third-order valence-corrected chi connectivity index (χ3v) is 7.55. The van der Waals surface area contributed by atoms with Gasteiger partial charge in [0.25, 0.3) is 5.91 Å². The number of anilines is 1. The molecule has 0 radical (unpaired) electrons. The van der Waals surface area contributed by atoms with Crippen molar-refractivity contribution in [2.45, 2.75) is 81.6 Å². The van der Waals surface area contributed by atoms with Gasteiger partial charge in [-0.15, -0.1) is 0 Å². The zero-order valence-corrected chi connectivity index (χ0v) is 16.5. The summed E-state index contributed by atoms with van der Waals surface area (Å²) in [6.45, 7) is 0. The zero-order chi connectivity index (χ0) is 18.9. The highest BCUT2D eigenvalue weighted by Crippen LogP contribution is 2.40. The third-order valence-electron chi connectivity index (χ3n) is 6.03. The molecule has 0 atom stereocenters. The SMILES string of the molecule is O=C1Nc2ccc(S(=O)(=O)NC3CCCCCCC3)cc2C1=C1CCCC1. The van der Waals surface area contributed by atoms with Crippen LogP contribution in [0.1, 0.15) is 76.2 Å². The van der Waals surface area contributed by atoms with Gasteiger partial charge < -0.3 is 5.32 Å². The second-order valence-corrected chi connectivity index (χ2v) is 9.72. The van der Waals surface area contributed by atoms with E-state index in [2.05, 4.69) is 10.0 Å². The van der Waals surface area contributed by atoms with E-state index in [9.17, 15) is 13.2 Å². The lowest BCUT2D eigenvalue weighted by Gasteiger charge is -2.21. The van der Waals surface area contributed by atoms with E-state index in [1.54, 1.807) is 18.2 Å². The minimum absolute atomic E-state index is 0.0102. The molecule has 1 amide bonds. The van der Waals surface area contributed by atoms with Crippen molar-refractivity contribution in [3.8, 4) is 0 Å². The number of amides is 1. The van der Waals surface area contributed by atoms with Crippen molar-refractivity contribution in [1.82, 2.24) is 4.72 Å². The van der Waals surface area contributed by atoms with Crippen LogP contribution in [0.4, 0.5) is 5.69 Å². The average molecular weight is 389 g/mol. The summed E-state index contributed by atoms with van der Waals surface area (Å²) in [5, 5.41) is 2.89. The zero-order valence-electron chi connectivity index (χ0n) is 15.7. The molecule has 0 unspecified atom stereocenters. The molecule has 3 aliphatic rings. The first-order valence-corrected chi connectivity index (χ1v) is 11.7. The monoisotopic (exact) mass is 388 g/mol. The Morgan fingerprint density at radius 3 is 2.30 bits per heavy atom. The molecule has 2 saturated carbocycles. The second-order valence-electron chi connectivity index (χ2n) is 8.01. The maximum Gasteiger partial charge on any atom is 0.256 e. The van der Waals surface area contributed by atoms with Crippen LogP contribution in [0.25, 0.3) is 5.57 Å². The Morgan fingerprint density at radius 1 is 0.926 bits per heavy atom. The predicted octanol–water partition coefficient (Wildman–Crippen LogP) is 4.36. The number of sulfonamides is 1. The summed E-state index contributed by atoms with van der Waals surface area (Å²) in [5.74, 6) is -0.0931. The fourth-order valence-electron chi connectivity index (χ4n) is 4.58. The van der Waals surface area contributed by atoms with E-state index in [0.717, 1.165) is 68.2 Å².